The van der Waals surface area contributed by atoms with E-state index in [9.17, 15) is 4.79 Å². The van der Waals surface area contributed by atoms with Gasteiger partial charge in [-0.05, 0) is 20.8 Å². The molecular weight excluding hydrogens is 408 g/mol. The standard InChI is InChI=1S/C20H26N4O5S/c1-7-26-19(25)13-8-27-17(22-13)14-10(2)29-18(24-14)15-11(3)28-16(23-15)12(21)9-30-20(4,5)6/h8,12H,7,9,21H2,1-6H3/t12-/m0/s1. The molecule has 3 rings (SSSR count). The molecule has 3 aromatic heterocycles. The van der Waals surface area contributed by atoms with E-state index in [1.165, 1.54) is 6.26 Å². The number of ether oxygens (including phenoxy) is 1. The molecule has 0 saturated carbocycles. The number of hydrogen-bond donors (Lipinski definition) is 1. The minimum atomic E-state index is -0.562. The molecular formula is C20H26N4O5S. The predicted octanol–water partition coefficient (Wildman–Crippen LogP) is 4.31. The number of nitrogens with two attached hydrogens (primary N) is 1. The van der Waals surface area contributed by atoms with Crippen LogP contribution in [0.1, 0.15) is 61.6 Å². The fourth-order valence-corrected chi connectivity index (χ4v) is 3.38. The van der Waals surface area contributed by atoms with Gasteiger partial charge in [-0.25, -0.2) is 19.7 Å². The van der Waals surface area contributed by atoms with Crippen LogP contribution in [0.3, 0.4) is 0 Å². The quantitative estimate of drug-likeness (QED) is 0.537. The van der Waals surface area contributed by atoms with Crippen molar-refractivity contribution < 1.29 is 22.8 Å². The van der Waals surface area contributed by atoms with Crippen LogP contribution in [0.5, 0.6) is 0 Å². The van der Waals surface area contributed by atoms with Gasteiger partial charge in [0.25, 0.3) is 0 Å². The average Bonchev–Trinajstić information content (AvgIpc) is 3.37. The normalized spacial score (nSPS) is 12.9. The van der Waals surface area contributed by atoms with Gasteiger partial charge in [-0.3, -0.25) is 0 Å². The van der Waals surface area contributed by atoms with Crippen LogP contribution in [-0.4, -0.2) is 38.0 Å². The van der Waals surface area contributed by atoms with Gasteiger partial charge in [0, 0.05) is 10.5 Å². The molecule has 0 saturated heterocycles. The molecule has 0 aliphatic rings. The van der Waals surface area contributed by atoms with Gasteiger partial charge in [0.05, 0.1) is 12.6 Å². The first-order chi connectivity index (χ1) is 14.1. The number of aryl methyl sites for hydroxylation is 2. The first kappa shape index (κ1) is 22.1. The topological polar surface area (TPSA) is 130 Å². The minimum Gasteiger partial charge on any atom is -0.461 e. The van der Waals surface area contributed by atoms with Crippen LogP contribution < -0.4 is 5.73 Å². The second-order valence-corrected chi connectivity index (χ2v) is 9.52. The van der Waals surface area contributed by atoms with Crippen molar-refractivity contribution in [1.29, 1.82) is 0 Å². The molecule has 0 aromatic carbocycles. The van der Waals surface area contributed by atoms with E-state index in [2.05, 4.69) is 35.7 Å². The largest absolute Gasteiger partial charge is 0.461 e. The van der Waals surface area contributed by atoms with E-state index >= 15 is 0 Å². The number of hydrogen-bond acceptors (Lipinski definition) is 10. The van der Waals surface area contributed by atoms with Crippen molar-refractivity contribution in [1.82, 2.24) is 15.0 Å². The van der Waals surface area contributed by atoms with Crippen LogP contribution in [0.25, 0.3) is 23.2 Å². The molecule has 3 aromatic rings. The maximum atomic E-state index is 11.8. The van der Waals surface area contributed by atoms with Crippen LogP contribution >= 0.6 is 11.8 Å². The summed E-state index contributed by atoms with van der Waals surface area (Å²) >= 11 is 1.74. The van der Waals surface area contributed by atoms with Crippen molar-refractivity contribution in [2.24, 2.45) is 5.73 Å². The lowest BCUT2D eigenvalue weighted by Gasteiger charge is -2.19. The fraction of sp³-hybridized carbons (Fsp3) is 0.500. The Labute approximate surface area is 178 Å². The van der Waals surface area contributed by atoms with Gasteiger partial charge in [0.1, 0.15) is 17.8 Å². The number of carbonyl (C=O) groups excluding carboxylic acids is 1. The maximum Gasteiger partial charge on any atom is 0.360 e. The van der Waals surface area contributed by atoms with Crippen LogP contribution in [0.15, 0.2) is 19.5 Å². The van der Waals surface area contributed by atoms with Gasteiger partial charge in [0.2, 0.25) is 17.7 Å². The van der Waals surface area contributed by atoms with Gasteiger partial charge in [-0.15, -0.1) is 0 Å². The Bertz CT molecular complexity index is 1030. The lowest BCUT2D eigenvalue weighted by Crippen LogP contribution is -2.18. The Kier molecular flexibility index (Phi) is 6.37. The molecule has 2 N–H and O–H groups in total. The zero-order valence-corrected chi connectivity index (χ0v) is 18.8. The van der Waals surface area contributed by atoms with Crippen LogP contribution in [0.4, 0.5) is 0 Å². The zero-order chi connectivity index (χ0) is 22.1. The molecule has 162 valence electrons. The van der Waals surface area contributed by atoms with Gasteiger partial charge in [0.15, 0.2) is 17.1 Å². The van der Waals surface area contributed by atoms with Crippen LogP contribution in [0, 0.1) is 13.8 Å². The third-order valence-electron chi connectivity index (χ3n) is 4.02. The maximum absolute atomic E-state index is 11.8. The smallest absolute Gasteiger partial charge is 0.360 e. The van der Waals surface area contributed by atoms with Gasteiger partial charge >= 0.3 is 5.97 Å². The van der Waals surface area contributed by atoms with E-state index in [0.29, 0.717) is 34.6 Å². The molecule has 0 radical (unpaired) electrons. The third kappa shape index (κ3) is 4.93. The molecule has 0 aliphatic carbocycles. The summed E-state index contributed by atoms with van der Waals surface area (Å²) in [6.07, 6.45) is 1.23. The zero-order valence-electron chi connectivity index (χ0n) is 17.9. The molecule has 0 fully saturated rings. The van der Waals surface area contributed by atoms with Crippen molar-refractivity contribution in [2.75, 3.05) is 12.4 Å². The Morgan fingerprint density at radius 1 is 1.13 bits per heavy atom. The minimum absolute atomic E-state index is 0.0676. The predicted molar refractivity (Wildman–Crippen MR) is 112 cm³/mol. The highest BCUT2D eigenvalue weighted by Crippen LogP contribution is 2.32. The van der Waals surface area contributed by atoms with Crippen molar-refractivity contribution in [3.63, 3.8) is 0 Å². The first-order valence-electron chi connectivity index (χ1n) is 9.56. The monoisotopic (exact) mass is 434 g/mol. The highest BCUT2D eigenvalue weighted by Gasteiger charge is 2.25. The second kappa shape index (κ2) is 8.65. The number of oxazole rings is 3. The summed E-state index contributed by atoms with van der Waals surface area (Å²) in [6, 6.07) is -0.351. The number of thioether (sulfide) groups is 1. The Morgan fingerprint density at radius 3 is 2.47 bits per heavy atom. The molecule has 0 amide bonds. The molecule has 0 aliphatic heterocycles. The summed E-state index contributed by atoms with van der Waals surface area (Å²) in [4.78, 5) is 24.9. The molecule has 10 heteroatoms. The highest BCUT2D eigenvalue weighted by atomic mass is 32.2. The summed E-state index contributed by atoms with van der Waals surface area (Å²) < 4.78 is 21.9. The Balaban J connectivity index is 1.83. The first-order valence-corrected chi connectivity index (χ1v) is 10.5. The molecule has 0 unspecified atom stereocenters. The lowest BCUT2D eigenvalue weighted by atomic mass is 10.3. The van der Waals surface area contributed by atoms with Crippen LogP contribution in [-0.2, 0) is 4.74 Å². The second-order valence-electron chi connectivity index (χ2n) is 7.67. The van der Waals surface area contributed by atoms with Crippen molar-refractivity contribution in [3.8, 4) is 23.2 Å². The van der Waals surface area contributed by atoms with E-state index in [0.717, 1.165) is 0 Å². The van der Waals surface area contributed by atoms with E-state index in [-0.39, 0.29) is 34.9 Å². The van der Waals surface area contributed by atoms with E-state index in [4.69, 9.17) is 23.7 Å². The highest BCUT2D eigenvalue weighted by molar-refractivity contribution is 8.00. The number of esters is 1. The van der Waals surface area contributed by atoms with E-state index in [1.807, 2.05) is 0 Å². The van der Waals surface area contributed by atoms with Gasteiger partial charge in [-0.1, -0.05) is 20.8 Å². The van der Waals surface area contributed by atoms with Crippen molar-refractivity contribution in [3.05, 3.63) is 29.4 Å². The van der Waals surface area contributed by atoms with Crippen molar-refractivity contribution in [2.45, 2.75) is 52.3 Å². The lowest BCUT2D eigenvalue weighted by molar-refractivity contribution is 0.0519. The number of nitrogens with zero attached hydrogens (tertiary/aromatic N) is 3. The third-order valence-corrected chi connectivity index (χ3v) is 5.41. The molecule has 0 spiro atoms. The molecule has 9 nitrogen and oxygen atoms in total. The number of aromatic nitrogens is 3. The van der Waals surface area contributed by atoms with Gasteiger partial charge in [-0.2, -0.15) is 11.8 Å². The van der Waals surface area contributed by atoms with Gasteiger partial charge < -0.3 is 23.7 Å². The van der Waals surface area contributed by atoms with Crippen LogP contribution in [0.2, 0.25) is 0 Å². The Hall–Kier alpha value is -2.59. The number of rotatable bonds is 7. The SMILES string of the molecule is CCOC(=O)c1coc(-c2nc(-c3nc([C@@H](N)CSC(C)(C)C)oc3C)oc2C)n1. The van der Waals surface area contributed by atoms with E-state index < -0.39 is 5.97 Å². The van der Waals surface area contributed by atoms with Crippen molar-refractivity contribution >= 4 is 17.7 Å². The fourth-order valence-electron chi connectivity index (χ4n) is 2.56. The van der Waals surface area contributed by atoms with E-state index in [1.54, 1.807) is 32.5 Å². The molecule has 3 heterocycles. The number of carbonyl (C=O) groups is 1. The Morgan fingerprint density at radius 2 is 1.80 bits per heavy atom. The summed E-state index contributed by atoms with van der Waals surface area (Å²) in [5, 5.41) is 0. The summed E-state index contributed by atoms with van der Waals surface area (Å²) in [7, 11) is 0. The molecule has 0 bridgehead atoms. The summed E-state index contributed by atoms with van der Waals surface area (Å²) in [5.41, 5.74) is 7.15. The summed E-state index contributed by atoms with van der Waals surface area (Å²) in [6.45, 7) is 11.9. The average molecular weight is 435 g/mol. The summed E-state index contributed by atoms with van der Waals surface area (Å²) in [5.74, 6) is 1.98. The molecule has 30 heavy (non-hydrogen) atoms. The molecule has 1 atom stereocenters.